The fourth-order valence-corrected chi connectivity index (χ4v) is 0.337. The molecular weight excluding hydrogens is 102 g/mol. The van der Waals surface area contributed by atoms with Gasteiger partial charge in [0.2, 0.25) is 0 Å². The summed E-state index contributed by atoms with van der Waals surface area (Å²) in [5.74, 6) is -0.460. The molecule has 1 radical (unpaired) electrons. The third kappa shape index (κ3) is 5.21. The molecule has 0 bridgehead atoms. The molecule has 45 valence electrons. The van der Waals surface area contributed by atoms with Crippen LogP contribution in [0, 0.1) is 13.0 Å². The monoisotopic (exact) mass is 112 g/mol. The highest BCUT2D eigenvalue weighted by Gasteiger charge is 1.80. The molecule has 2 heteroatoms. The summed E-state index contributed by atoms with van der Waals surface area (Å²) in [6.45, 7) is 3.59. The van der Waals surface area contributed by atoms with Crippen LogP contribution in [0.15, 0.2) is 5.88 Å². The maximum Gasteiger partial charge on any atom is 0.0853 e. The van der Waals surface area contributed by atoms with Crippen molar-refractivity contribution >= 4 is 0 Å². The van der Waals surface area contributed by atoms with Gasteiger partial charge in [-0.2, -0.15) is 0 Å². The van der Waals surface area contributed by atoms with E-state index in [0.29, 0.717) is 6.42 Å². The molecule has 0 rings (SSSR count). The number of unbranched alkanes of at least 4 members (excludes halogenated alkanes) is 2. The number of allylic oxidation sites excluding steroid dienone is 1. The highest BCUT2D eigenvalue weighted by Crippen LogP contribution is 1.92. The topological polar surface area (TPSA) is 49.1 Å². The summed E-state index contributed by atoms with van der Waals surface area (Å²) < 4.78 is 0. The van der Waals surface area contributed by atoms with Gasteiger partial charge in [-0.1, -0.05) is 0 Å². The Morgan fingerprint density at radius 3 is 2.75 bits per heavy atom. The lowest BCUT2D eigenvalue weighted by Gasteiger charge is -1.99. The van der Waals surface area contributed by atoms with Crippen LogP contribution in [0.1, 0.15) is 19.3 Å². The van der Waals surface area contributed by atoms with Gasteiger partial charge in [0.1, 0.15) is 0 Å². The Morgan fingerprint density at radius 2 is 2.38 bits per heavy atom. The number of rotatable bonds is 3. The van der Waals surface area contributed by atoms with Gasteiger partial charge in [0.15, 0.2) is 0 Å². The zero-order valence-electron chi connectivity index (χ0n) is 4.81. The van der Waals surface area contributed by atoms with E-state index in [-0.39, 0.29) is 0 Å². The molecule has 0 aliphatic heterocycles. The molecule has 2 N–H and O–H groups in total. The summed E-state index contributed by atoms with van der Waals surface area (Å²) in [6, 6.07) is 0. The second kappa shape index (κ2) is 4.37. The largest absolute Gasteiger partial charge is 0.860 e. The first kappa shape index (κ1) is 7.21. The van der Waals surface area contributed by atoms with Crippen LogP contribution in [0.2, 0.25) is 0 Å². The maximum absolute atomic E-state index is 9.96. The number of hydrogen-bond donors (Lipinski definition) is 1. The predicted molar refractivity (Wildman–Crippen MR) is 30.2 cm³/mol. The standard InChI is InChI=1S/C6H10NO/c1-2-3-4-5-6(7)8/h1-4,7H2. The molecule has 0 aromatic heterocycles. The zero-order valence-corrected chi connectivity index (χ0v) is 4.81. The molecule has 2 nitrogen and oxygen atoms in total. The van der Waals surface area contributed by atoms with Crippen molar-refractivity contribution in [1.29, 1.82) is 0 Å². The van der Waals surface area contributed by atoms with E-state index >= 15 is 0 Å². The SMILES string of the molecule is [CH2+]CCC[C]=C(N)[O-]. The Kier molecular flexibility index (Phi) is 3.94. The minimum Gasteiger partial charge on any atom is -0.860 e. The average molecular weight is 112 g/mol. The molecular formula is C6H10NO. The van der Waals surface area contributed by atoms with Crippen LogP contribution < -0.4 is 10.8 Å². The fourth-order valence-electron chi connectivity index (χ4n) is 0.337. The van der Waals surface area contributed by atoms with Gasteiger partial charge in [-0.25, -0.2) is 0 Å². The molecule has 0 spiro atoms. The van der Waals surface area contributed by atoms with Crippen molar-refractivity contribution in [3.8, 4) is 0 Å². The average Bonchev–Trinajstić information content (AvgIpc) is 1.66. The third-order valence-corrected chi connectivity index (χ3v) is 0.726. The first-order chi connectivity index (χ1) is 3.77. The molecule has 0 aromatic rings. The summed E-state index contributed by atoms with van der Waals surface area (Å²) >= 11 is 0. The Morgan fingerprint density at radius 1 is 1.75 bits per heavy atom. The van der Waals surface area contributed by atoms with Crippen LogP contribution in [0.25, 0.3) is 0 Å². The van der Waals surface area contributed by atoms with Gasteiger partial charge in [-0.15, -0.1) is 0 Å². The summed E-state index contributed by atoms with van der Waals surface area (Å²) in [5, 5.41) is 9.96. The molecule has 0 unspecified atom stereocenters. The molecule has 0 aromatic carbocycles. The quantitative estimate of drug-likeness (QED) is 0.316. The van der Waals surface area contributed by atoms with Crippen LogP contribution in [-0.4, -0.2) is 0 Å². The Bertz CT molecular complexity index is 74.6. The van der Waals surface area contributed by atoms with Crippen LogP contribution in [0.3, 0.4) is 0 Å². The predicted octanol–water partition coefficient (Wildman–Crippen LogP) is -0.0456. The van der Waals surface area contributed by atoms with Crippen molar-refractivity contribution in [2.75, 3.05) is 0 Å². The van der Waals surface area contributed by atoms with Crippen LogP contribution in [0.5, 0.6) is 0 Å². The van der Waals surface area contributed by atoms with E-state index in [9.17, 15) is 5.11 Å². The Hall–Kier alpha value is -0.790. The van der Waals surface area contributed by atoms with E-state index in [2.05, 4.69) is 13.0 Å². The van der Waals surface area contributed by atoms with Gasteiger partial charge in [-0.05, 0) is 24.8 Å². The van der Waals surface area contributed by atoms with Crippen LogP contribution in [0.4, 0.5) is 0 Å². The minimum absolute atomic E-state index is 0.460. The van der Waals surface area contributed by atoms with E-state index in [4.69, 9.17) is 5.73 Å². The highest BCUT2D eigenvalue weighted by atomic mass is 16.3. The van der Waals surface area contributed by atoms with E-state index in [0.717, 1.165) is 12.8 Å². The fraction of sp³-hybridized carbons (Fsp3) is 0.500. The molecule has 0 heterocycles. The maximum atomic E-state index is 9.96. The molecule has 0 saturated carbocycles. The van der Waals surface area contributed by atoms with Gasteiger partial charge < -0.3 is 10.8 Å². The van der Waals surface area contributed by atoms with Crippen molar-refractivity contribution in [3.05, 3.63) is 18.9 Å². The van der Waals surface area contributed by atoms with Gasteiger partial charge >= 0.3 is 0 Å². The number of nitrogens with two attached hydrogens (primary N) is 1. The lowest BCUT2D eigenvalue weighted by atomic mass is 10.2. The summed E-state index contributed by atoms with van der Waals surface area (Å²) in [6.07, 6.45) is 4.81. The second-order valence-electron chi connectivity index (χ2n) is 1.50. The molecule has 0 aliphatic rings. The lowest BCUT2D eigenvalue weighted by Crippen LogP contribution is -2.12. The number of hydrogen-bond acceptors (Lipinski definition) is 2. The normalized spacial score (nSPS) is 11.8. The molecule has 0 fully saturated rings. The van der Waals surface area contributed by atoms with E-state index < -0.39 is 5.88 Å². The molecule has 8 heavy (non-hydrogen) atoms. The summed E-state index contributed by atoms with van der Waals surface area (Å²) in [4.78, 5) is 0. The van der Waals surface area contributed by atoms with E-state index in [1.807, 2.05) is 0 Å². The van der Waals surface area contributed by atoms with Crippen LogP contribution >= 0.6 is 0 Å². The van der Waals surface area contributed by atoms with Gasteiger partial charge in [0, 0.05) is 0 Å². The molecule has 0 saturated heterocycles. The minimum atomic E-state index is -0.460. The van der Waals surface area contributed by atoms with E-state index in [1.165, 1.54) is 0 Å². The first-order valence-electron chi connectivity index (χ1n) is 2.60. The smallest absolute Gasteiger partial charge is 0.0853 e. The van der Waals surface area contributed by atoms with Crippen molar-refractivity contribution in [2.45, 2.75) is 19.3 Å². The van der Waals surface area contributed by atoms with Crippen molar-refractivity contribution in [3.63, 3.8) is 0 Å². The summed E-state index contributed by atoms with van der Waals surface area (Å²) in [7, 11) is 0. The molecule has 0 aliphatic carbocycles. The van der Waals surface area contributed by atoms with Crippen molar-refractivity contribution < 1.29 is 5.11 Å². The molecule has 0 atom stereocenters. The summed E-state index contributed by atoms with van der Waals surface area (Å²) in [5.41, 5.74) is 4.76. The highest BCUT2D eigenvalue weighted by molar-refractivity contribution is 4.72. The lowest BCUT2D eigenvalue weighted by molar-refractivity contribution is -0.306. The van der Waals surface area contributed by atoms with Crippen molar-refractivity contribution in [1.82, 2.24) is 0 Å². The Balaban J connectivity index is 3.03. The van der Waals surface area contributed by atoms with E-state index in [1.54, 1.807) is 0 Å². The van der Waals surface area contributed by atoms with Gasteiger partial charge in [0.05, 0.1) is 13.3 Å². The Labute approximate surface area is 50.0 Å². The second-order valence-corrected chi connectivity index (χ2v) is 1.50. The van der Waals surface area contributed by atoms with Crippen molar-refractivity contribution in [2.24, 2.45) is 5.73 Å². The van der Waals surface area contributed by atoms with Gasteiger partial charge in [-0.3, -0.25) is 0 Å². The van der Waals surface area contributed by atoms with Crippen LogP contribution in [-0.2, 0) is 0 Å². The van der Waals surface area contributed by atoms with Gasteiger partial charge in [0.25, 0.3) is 0 Å². The molecule has 0 amide bonds. The first-order valence-corrected chi connectivity index (χ1v) is 2.60. The third-order valence-electron chi connectivity index (χ3n) is 0.726. The zero-order chi connectivity index (χ0) is 6.41.